The molecule has 0 radical (unpaired) electrons. The summed E-state index contributed by atoms with van der Waals surface area (Å²) in [4.78, 5) is 11.2. The van der Waals surface area contributed by atoms with Crippen LogP contribution in [0, 0.1) is 0 Å². The maximum atomic E-state index is 11.2. The molecular formula is C11H18N2O3P2. The van der Waals surface area contributed by atoms with Gasteiger partial charge in [-0.25, -0.2) is 0 Å². The minimum atomic E-state index is -0.643. The summed E-state index contributed by atoms with van der Waals surface area (Å²) in [7, 11) is 4.32. The Morgan fingerprint density at radius 1 is 1.39 bits per heavy atom. The Balaban J connectivity index is 2.47. The zero-order valence-electron chi connectivity index (χ0n) is 9.96. The zero-order chi connectivity index (χ0) is 13.4. The van der Waals surface area contributed by atoms with Gasteiger partial charge in [-0.3, -0.25) is 9.88 Å². The molecule has 0 fully saturated rings. The van der Waals surface area contributed by atoms with Gasteiger partial charge < -0.3 is 15.0 Å². The second kappa shape index (κ2) is 8.39. The summed E-state index contributed by atoms with van der Waals surface area (Å²) in [6.07, 6.45) is 0.445. The van der Waals surface area contributed by atoms with E-state index in [0.29, 0.717) is 13.0 Å². The van der Waals surface area contributed by atoms with E-state index < -0.39 is 12.0 Å². The molecule has 3 N–H and O–H groups in total. The molecule has 3 atom stereocenters. The molecular weight excluding hydrogens is 270 g/mol. The van der Waals surface area contributed by atoms with Gasteiger partial charge in [0.15, 0.2) is 0 Å². The van der Waals surface area contributed by atoms with Gasteiger partial charge in [0.25, 0.3) is 0 Å². The molecule has 0 amide bonds. The van der Waals surface area contributed by atoms with Crippen LogP contribution < -0.4 is 15.6 Å². The summed E-state index contributed by atoms with van der Waals surface area (Å²) in [5.41, 5.74) is 6.63. The van der Waals surface area contributed by atoms with E-state index in [1.165, 1.54) is 0 Å². The van der Waals surface area contributed by atoms with Gasteiger partial charge in [-0.1, -0.05) is 21.5 Å². The molecule has 0 heterocycles. The summed E-state index contributed by atoms with van der Waals surface area (Å²) in [5.74, 6) is 0.355. The van der Waals surface area contributed by atoms with Crippen LogP contribution in [0.25, 0.3) is 0 Å². The fourth-order valence-corrected chi connectivity index (χ4v) is 1.67. The lowest BCUT2D eigenvalue weighted by atomic mass is 10.1. The summed E-state index contributed by atoms with van der Waals surface area (Å²) < 4.78 is 9.97. The van der Waals surface area contributed by atoms with E-state index in [0.717, 1.165) is 17.9 Å². The number of hydrogen-bond donors (Lipinski definition) is 2. The van der Waals surface area contributed by atoms with E-state index in [1.807, 2.05) is 33.7 Å². The van der Waals surface area contributed by atoms with Crippen LogP contribution in [0.15, 0.2) is 24.3 Å². The fraction of sp³-hybridized carbons (Fsp3) is 0.364. The Labute approximate surface area is 111 Å². The molecule has 5 nitrogen and oxygen atoms in total. The highest BCUT2D eigenvalue weighted by Crippen LogP contribution is 2.13. The van der Waals surface area contributed by atoms with Crippen molar-refractivity contribution in [1.82, 2.24) is 5.09 Å². The molecule has 0 aromatic heterocycles. The Morgan fingerprint density at radius 3 is 2.61 bits per heavy atom. The topological polar surface area (TPSA) is 73.6 Å². The fourth-order valence-electron chi connectivity index (χ4n) is 1.37. The lowest BCUT2D eigenvalue weighted by Crippen LogP contribution is -2.32. The third-order valence-electron chi connectivity index (χ3n) is 2.31. The van der Waals surface area contributed by atoms with Crippen molar-refractivity contribution in [3.8, 4) is 5.75 Å². The molecule has 0 spiro atoms. The largest absolute Gasteiger partial charge is 0.492 e. The first-order chi connectivity index (χ1) is 8.67. The van der Waals surface area contributed by atoms with Crippen molar-refractivity contribution in [2.24, 2.45) is 5.73 Å². The minimum Gasteiger partial charge on any atom is -0.492 e. The molecule has 0 aliphatic carbocycles. The smallest absolute Gasteiger partial charge is 0.325 e. The third-order valence-corrected chi connectivity index (χ3v) is 2.83. The number of carbonyl (C=O) groups excluding carboxylic acids is 1. The normalized spacial score (nSPS) is 11.9. The standard InChI is InChI=1S/C11H18N2O3P2/c12-10(11(14)16-18)7-8-1-3-9(4-2-8)15-6-5-13-17/h1-4,10,13H,5-7,12,17-18H2/t10-/m0/s1. The molecule has 0 saturated carbocycles. The molecule has 1 aromatic carbocycles. The van der Waals surface area contributed by atoms with E-state index in [1.54, 1.807) is 0 Å². The van der Waals surface area contributed by atoms with Crippen molar-refractivity contribution in [3.63, 3.8) is 0 Å². The summed E-state index contributed by atoms with van der Waals surface area (Å²) in [5, 5.41) is 2.92. The molecule has 1 rings (SSSR count). The van der Waals surface area contributed by atoms with Crippen LogP contribution in [0.2, 0.25) is 0 Å². The second-order valence-electron chi connectivity index (χ2n) is 3.69. The Hall–Kier alpha value is -0.730. The molecule has 1 aromatic rings. The average molecular weight is 288 g/mol. The number of carbonyl (C=O) groups is 1. The quantitative estimate of drug-likeness (QED) is 0.569. The van der Waals surface area contributed by atoms with Gasteiger partial charge >= 0.3 is 5.97 Å². The molecule has 100 valence electrons. The SMILES string of the molecule is N[C@@H](Cc1ccc(OCCNP)cc1)C(=O)OP. The van der Waals surface area contributed by atoms with Crippen LogP contribution >= 0.6 is 18.9 Å². The van der Waals surface area contributed by atoms with Crippen molar-refractivity contribution in [2.45, 2.75) is 12.5 Å². The molecule has 0 bridgehead atoms. The number of rotatable bonds is 7. The second-order valence-corrected chi connectivity index (χ2v) is 4.34. The lowest BCUT2D eigenvalue weighted by molar-refractivity contribution is -0.134. The Morgan fingerprint density at radius 2 is 2.06 bits per heavy atom. The first-order valence-electron chi connectivity index (χ1n) is 5.48. The highest BCUT2D eigenvalue weighted by molar-refractivity contribution is 7.13. The van der Waals surface area contributed by atoms with Crippen LogP contribution in [0.4, 0.5) is 0 Å². The molecule has 7 heteroatoms. The Kier molecular flexibility index (Phi) is 7.14. The molecule has 0 saturated heterocycles. The molecule has 2 unspecified atom stereocenters. The number of ether oxygens (including phenoxy) is 1. The summed E-state index contributed by atoms with van der Waals surface area (Å²) in [6.45, 7) is 1.36. The average Bonchev–Trinajstić information content (AvgIpc) is 2.40. The van der Waals surface area contributed by atoms with Crippen LogP contribution in [0.5, 0.6) is 5.75 Å². The van der Waals surface area contributed by atoms with Gasteiger partial charge in [0, 0.05) is 6.54 Å². The molecule has 0 aliphatic rings. The van der Waals surface area contributed by atoms with Crippen molar-refractivity contribution in [3.05, 3.63) is 29.8 Å². The van der Waals surface area contributed by atoms with Crippen LogP contribution in [0.1, 0.15) is 5.56 Å². The first-order valence-corrected chi connectivity index (χ1v) is 6.53. The predicted octanol–water partition coefficient (Wildman–Crippen LogP) is 0.648. The minimum absolute atomic E-state index is 0.438. The van der Waals surface area contributed by atoms with Gasteiger partial charge in [0.05, 0.1) is 9.47 Å². The van der Waals surface area contributed by atoms with Crippen molar-refractivity contribution in [2.75, 3.05) is 13.2 Å². The highest BCUT2D eigenvalue weighted by Gasteiger charge is 2.14. The number of hydrogen-bond acceptors (Lipinski definition) is 5. The van der Waals surface area contributed by atoms with Gasteiger partial charge in [0.1, 0.15) is 18.4 Å². The lowest BCUT2D eigenvalue weighted by Gasteiger charge is -2.10. The van der Waals surface area contributed by atoms with E-state index in [2.05, 4.69) is 19.0 Å². The molecule has 18 heavy (non-hydrogen) atoms. The number of nitrogens with two attached hydrogens (primary N) is 1. The van der Waals surface area contributed by atoms with Crippen molar-refractivity contribution >= 4 is 24.8 Å². The van der Waals surface area contributed by atoms with Gasteiger partial charge in [-0.2, -0.15) is 0 Å². The predicted molar refractivity (Wildman–Crippen MR) is 77.1 cm³/mol. The van der Waals surface area contributed by atoms with Gasteiger partial charge in [-0.05, 0) is 24.1 Å². The van der Waals surface area contributed by atoms with Crippen molar-refractivity contribution in [1.29, 1.82) is 0 Å². The Bertz CT molecular complexity index is 373. The van der Waals surface area contributed by atoms with E-state index >= 15 is 0 Å². The maximum absolute atomic E-state index is 11.2. The number of nitrogens with one attached hydrogen (secondary N) is 1. The summed E-state index contributed by atoms with van der Waals surface area (Å²) >= 11 is 0. The van der Waals surface area contributed by atoms with Gasteiger partial charge in [-0.15, -0.1) is 0 Å². The summed E-state index contributed by atoms with van der Waals surface area (Å²) in [6, 6.07) is 6.85. The van der Waals surface area contributed by atoms with Crippen LogP contribution in [0.3, 0.4) is 0 Å². The van der Waals surface area contributed by atoms with Crippen LogP contribution in [-0.2, 0) is 15.7 Å². The highest BCUT2D eigenvalue weighted by atomic mass is 31.0. The first kappa shape index (κ1) is 15.3. The third kappa shape index (κ3) is 5.28. The molecule has 0 aliphatic heterocycles. The van der Waals surface area contributed by atoms with E-state index in [4.69, 9.17) is 10.5 Å². The van der Waals surface area contributed by atoms with E-state index in [9.17, 15) is 4.79 Å². The van der Waals surface area contributed by atoms with E-state index in [-0.39, 0.29) is 0 Å². The van der Waals surface area contributed by atoms with Crippen LogP contribution in [-0.4, -0.2) is 25.2 Å². The van der Waals surface area contributed by atoms with Crippen molar-refractivity contribution < 1.29 is 14.1 Å². The maximum Gasteiger partial charge on any atom is 0.325 e. The number of benzene rings is 1. The monoisotopic (exact) mass is 288 g/mol. The zero-order valence-corrected chi connectivity index (χ0v) is 12.3. The van der Waals surface area contributed by atoms with Gasteiger partial charge in [0.2, 0.25) is 0 Å².